The number of pyridine rings is 1. The number of ether oxygens (including phenoxy) is 1. The maximum Gasteiger partial charge on any atom is 0.396 e. The Hall–Kier alpha value is -1.69. The molecule has 0 aromatic carbocycles. The lowest BCUT2D eigenvalue weighted by Crippen LogP contribution is -2.24. The summed E-state index contributed by atoms with van der Waals surface area (Å²) in [4.78, 5) is 25.1. The van der Waals surface area contributed by atoms with Gasteiger partial charge in [-0.2, -0.15) is 0 Å². The van der Waals surface area contributed by atoms with Crippen LogP contribution in [0.3, 0.4) is 0 Å². The zero-order chi connectivity index (χ0) is 11.4. The number of nitrogens with zero attached hydrogens (tertiary/aromatic N) is 1. The minimum atomic E-state index is -1.13. The van der Waals surface area contributed by atoms with E-state index in [-0.39, 0.29) is 10.8 Å². The van der Waals surface area contributed by atoms with Crippen molar-refractivity contribution in [3.8, 4) is 0 Å². The molecule has 0 atom stereocenters. The van der Waals surface area contributed by atoms with Crippen molar-refractivity contribution in [3.63, 3.8) is 0 Å². The van der Waals surface area contributed by atoms with Crippen molar-refractivity contribution in [1.29, 1.82) is 0 Å². The van der Waals surface area contributed by atoms with Crippen LogP contribution in [0.2, 0.25) is 5.02 Å². The van der Waals surface area contributed by atoms with Crippen molar-refractivity contribution >= 4 is 29.3 Å². The molecule has 0 saturated carbocycles. The Morgan fingerprint density at radius 3 is 2.80 bits per heavy atom. The number of halogens is 2. The maximum atomic E-state index is 13.1. The van der Waals surface area contributed by atoms with Gasteiger partial charge in [-0.05, 0) is 6.07 Å². The highest BCUT2D eigenvalue weighted by Gasteiger charge is 2.16. The van der Waals surface area contributed by atoms with Crippen molar-refractivity contribution in [2.75, 3.05) is 12.4 Å². The molecule has 1 N–H and O–H groups in total. The van der Waals surface area contributed by atoms with E-state index in [0.29, 0.717) is 0 Å². The Labute approximate surface area is 89.2 Å². The molecule has 1 amide bonds. The molecule has 0 unspecified atom stereocenters. The van der Waals surface area contributed by atoms with Gasteiger partial charge in [-0.25, -0.2) is 14.2 Å². The molecule has 15 heavy (non-hydrogen) atoms. The number of carbonyl (C=O) groups excluding carboxylic acids is 2. The first-order valence-electron chi connectivity index (χ1n) is 3.75. The first-order chi connectivity index (χ1) is 7.04. The van der Waals surface area contributed by atoms with Gasteiger partial charge in [-0.3, -0.25) is 10.1 Å². The van der Waals surface area contributed by atoms with Crippen LogP contribution in [0.15, 0.2) is 12.3 Å². The molecule has 5 nitrogen and oxygen atoms in total. The lowest BCUT2D eigenvalue weighted by Gasteiger charge is -2.03. The molecular weight excluding hydrogens is 227 g/mol. The van der Waals surface area contributed by atoms with E-state index in [9.17, 15) is 14.0 Å². The summed E-state index contributed by atoms with van der Waals surface area (Å²) >= 11 is 5.44. The van der Waals surface area contributed by atoms with Crippen LogP contribution in [0.25, 0.3) is 0 Å². The molecule has 80 valence electrons. The first-order valence-corrected chi connectivity index (χ1v) is 4.12. The molecule has 1 heterocycles. The third-order valence-corrected chi connectivity index (χ3v) is 1.62. The molecule has 0 aliphatic heterocycles. The van der Waals surface area contributed by atoms with E-state index in [4.69, 9.17) is 11.6 Å². The number of methoxy groups -OCH3 is 1. The second-order valence-corrected chi connectivity index (χ2v) is 2.87. The Balaban J connectivity index is 2.81. The molecule has 1 aromatic rings. The van der Waals surface area contributed by atoms with Crippen molar-refractivity contribution in [2.24, 2.45) is 0 Å². The lowest BCUT2D eigenvalue weighted by atomic mass is 10.4. The van der Waals surface area contributed by atoms with E-state index in [2.05, 4.69) is 9.72 Å². The molecule has 0 aliphatic rings. The number of aromatic nitrogens is 1. The van der Waals surface area contributed by atoms with Gasteiger partial charge in [0.25, 0.3) is 0 Å². The van der Waals surface area contributed by atoms with Crippen LogP contribution in [-0.2, 0) is 14.3 Å². The average Bonchev–Trinajstić information content (AvgIpc) is 2.20. The summed E-state index contributed by atoms with van der Waals surface area (Å²) in [5.74, 6) is -3.45. The van der Waals surface area contributed by atoms with Crippen LogP contribution < -0.4 is 5.32 Å². The summed E-state index contributed by atoms with van der Waals surface area (Å²) in [6, 6.07) is 0.960. The van der Waals surface area contributed by atoms with Gasteiger partial charge in [0.1, 0.15) is 0 Å². The lowest BCUT2D eigenvalue weighted by molar-refractivity contribution is -0.150. The molecule has 1 aromatic heterocycles. The number of hydrogen-bond donors (Lipinski definition) is 1. The summed E-state index contributed by atoms with van der Waals surface area (Å²) in [7, 11) is 1.04. The maximum absolute atomic E-state index is 13.1. The fraction of sp³-hybridized carbons (Fsp3) is 0.125. The second-order valence-electron chi connectivity index (χ2n) is 2.43. The van der Waals surface area contributed by atoms with Crippen LogP contribution in [0.5, 0.6) is 0 Å². The molecule has 0 fully saturated rings. The first kappa shape index (κ1) is 11.4. The average molecular weight is 233 g/mol. The molecule has 0 radical (unpaired) electrons. The largest absolute Gasteiger partial charge is 0.462 e. The molecular formula is C8H6ClFN2O3. The van der Waals surface area contributed by atoms with Gasteiger partial charge < -0.3 is 4.74 Å². The monoisotopic (exact) mass is 232 g/mol. The van der Waals surface area contributed by atoms with Crippen molar-refractivity contribution < 1.29 is 18.7 Å². The van der Waals surface area contributed by atoms with Gasteiger partial charge >= 0.3 is 11.9 Å². The van der Waals surface area contributed by atoms with Crippen LogP contribution in [-0.4, -0.2) is 24.0 Å². The molecule has 0 spiro atoms. The zero-order valence-corrected chi connectivity index (χ0v) is 8.34. The standard InChI is InChI=1S/C8H6ClFN2O3/c1-15-8(14)7(13)12-6-5(10)2-4(9)3-11-6/h2-3H,1H3,(H,11,12,13). The van der Waals surface area contributed by atoms with E-state index < -0.39 is 17.7 Å². The van der Waals surface area contributed by atoms with Crippen molar-refractivity contribution in [1.82, 2.24) is 4.98 Å². The molecule has 7 heteroatoms. The number of carbonyl (C=O) groups is 2. The summed E-state index contributed by atoms with van der Waals surface area (Å²) in [5, 5.41) is 2.02. The normalized spacial score (nSPS) is 9.53. The highest BCUT2D eigenvalue weighted by Crippen LogP contribution is 2.15. The van der Waals surface area contributed by atoms with Crippen LogP contribution in [0, 0.1) is 5.82 Å². The summed E-state index contributed by atoms with van der Waals surface area (Å²) < 4.78 is 17.2. The number of amides is 1. The SMILES string of the molecule is COC(=O)C(=O)Nc1ncc(Cl)cc1F. The van der Waals surface area contributed by atoms with Gasteiger partial charge in [-0.1, -0.05) is 11.6 Å². The second kappa shape index (κ2) is 4.70. The predicted molar refractivity (Wildman–Crippen MR) is 49.9 cm³/mol. The highest BCUT2D eigenvalue weighted by atomic mass is 35.5. The van der Waals surface area contributed by atoms with Crippen LogP contribution >= 0.6 is 11.6 Å². The van der Waals surface area contributed by atoms with Gasteiger partial charge in [0.2, 0.25) is 0 Å². The Morgan fingerprint density at radius 1 is 1.60 bits per heavy atom. The third kappa shape index (κ3) is 2.88. The molecule has 0 saturated heterocycles. The van der Waals surface area contributed by atoms with Crippen molar-refractivity contribution in [3.05, 3.63) is 23.1 Å². The molecule has 0 bridgehead atoms. The fourth-order valence-corrected chi connectivity index (χ4v) is 0.902. The van der Waals surface area contributed by atoms with Gasteiger partial charge in [-0.15, -0.1) is 0 Å². The summed E-state index contributed by atoms with van der Waals surface area (Å²) in [6.45, 7) is 0. The number of hydrogen-bond acceptors (Lipinski definition) is 4. The number of nitrogens with one attached hydrogen (secondary N) is 1. The molecule has 0 aliphatic carbocycles. The van der Waals surface area contributed by atoms with Gasteiger partial charge in [0.15, 0.2) is 11.6 Å². The minimum Gasteiger partial charge on any atom is -0.462 e. The summed E-state index contributed by atoms with van der Waals surface area (Å²) in [5.41, 5.74) is 0. The van der Waals surface area contributed by atoms with E-state index >= 15 is 0 Å². The number of anilines is 1. The van der Waals surface area contributed by atoms with Gasteiger partial charge in [0.05, 0.1) is 12.1 Å². The molecule has 1 rings (SSSR count). The number of rotatable bonds is 1. The highest BCUT2D eigenvalue weighted by molar-refractivity contribution is 6.37. The van der Waals surface area contributed by atoms with Crippen LogP contribution in [0.4, 0.5) is 10.2 Å². The van der Waals surface area contributed by atoms with Gasteiger partial charge in [0, 0.05) is 6.20 Å². The minimum absolute atomic E-state index is 0.0866. The topological polar surface area (TPSA) is 68.3 Å². The zero-order valence-electron chi connectivity index (χ0n) is 7.58. The quantitative estimate of drug-likeness (QED) is 0.579. The smallest absolute Gasteiger partial charge is 0.396 e. The Morgan fingerprint density at radius 2 is 2.27 bits per heavy atom. The van der Waals surface area contributed by atoms with E-state index in [1.165, 1.54) is 0 Å². The summed E-state index contributed by atoms with van der Waals surface area (Å²) in [6.07, 6.45) is 1.14. The fourth-order valence-electron chi connectivity index (χ4n) is 0.758. The Kier molecular flexibility index (Phi) is 3.56. The van der Waals surface area contributed by atoms with E-state index in [1.54, 1.807) is 0 Å². The Bertz CT molecular complexity index is 411. The predicted octanol–water partition coefficient (Wildman–Crippen LogP) is 0.986. The number of esters is 1. The van der Waals surface area contributed by atoms with Crippen molar-refractivity contribution in [2.45, 2.75) is 0 Å². The third-order valence-electron chi connectivity index (χ3n) is 1.41. The van der Waals surface area contributed by atoms with E-state index in [0.717, 1.165) is 19.4 Å². The van der Waals surface area contributed by atoms with Crippen LogP contribution in [0.1, 0.15) is 0 Å². The van der Waals surface area contributed by atoms with E-state index in [1.807, 2.05) is 5.32 Å².